The fourth-order valence-corrected chi connectivity index (χ4v) is 2.93. The van der Waals surface area contributed by atoms with Crippen LogP contribution in [-0.4, -0.2) is 19.0 Å². The Kier molecular flexibility index (Phi) is 3.76. The van der Waals surface area contributed by atoms with Crippen molar-refractivity contribution in [3.8, 4) is 0 Å². The standard InChI is InChI=1S/C12H16N4OS/c1-3-16-10(7-9(2)15-16)8-18(17)12-11(13)5-4-6-14-12/h4-7H,3,8,13H2,1-2H3. The van der Waals surface area contributed by atoms with Gasteiger partial charge in [-0.05, 0) is 32.0 Å². The molecule has 96 valence electrons. The van der Waals surface area contributed by atoms with Gasteiger partial charge in [-0.25, -0.2) is 4.98 Å². The van der Waals surface area contributed by atoms with Crippen molar-refractivity contribution in [3.05, 3.63) is 35.8 Å². The van der Waals surface area contributed by atoms with Crippen molar-refractivity contribution in [2.75, 3.05) is 5.73 Å². The van der Waals surface area contributed by atoms with Gasteiger partial charge < -0.3 is 5.73 Å². The van der Waals surface area contributed by atoms with Crippen LogP contribution >= 0.6 is 0 Å². The van der Waals surface area contributed by atoms with Gasteiger partial charge in [0.05, 0.1) is 33.6 Å². The molecule has 1 unspecified atom stereocenters. The van der Waals surface area contributed by atoms with Crippen LogP contribution in [-0.2, 0) is 23.1 Å². The molecule has 2 heterocycles. The van der Waals surface area contributed by atoms with Crippen LogP contribution < -0.4 is 5.73 Å². The van der Waals surface area contributed by atoms with E-state index in [9.17, 15) is 4.21 Å². The number of pyridine rings is 1. The number of anilines is 1. The molecular formula is C12H16N4OS. The van der Waals surface area contributed by atoms with Crippen molar-refractivity contribution in [2.45, 2.75) is 31.2 Å². The molecule has 0 fully saturated rings. The van der Waals surface area contributed by atoms with E-state index in [0.29, 0.717) is 16.5 Å². The van der Waals surface area contributed by atoms with Crippen molar-refractivity contribution in [2.24, 2.45) is 0 Å². The average Bonchev–Trinajstić information content (AvgIpc) is 2.70. The van der Waals surface area contributed by atoms with E-state index >= 15 is 0 Å². The van der Waals surface area contributed by atoms with Crippen LogP contribution in [0.2, 0.25) is 0 Å². The molecule has 2 N–H and O–H groups in total. The zero-order valence-electron chi connectivity index (χ0n) is 10.5. The third-order valence-corrected chi connectivity index (χ3v) is 3.91. The molecule has 0 aliphatic carbocycles. The third kappa shape index (κ3) is 2.59. The molecule has 0 saturated carbocycles. The minimum absolute atomic E-state index is 0.385. The fourth-order valence-electron chi connectivity index (χ4n) is 1.79. The van der Waals surface area contributed by atoms with Gasteiger partial charge in [0.1, 0.15) is 5.03 Å². The number of hydrogen-bond acceptors (Lipinski definition) is 4. The maximum atomic E-state index is 12.2. The number of aryl methyl sites for hydroxylation is 2. The van der Waals surface area contributed by atoms with E-state index in [2.05, 4.69) is 10.1 Å². The SMILES string of the molecule is CCn1nc(C)cc1CS(=O)c1ncccc1N. The lowest BCUT2D eigenvalue weighted by Crippen LogP contribution is -2.08. The highest BCUT2D eigenvalue weighted by Crippen LogP contribution is 2.16. The van der Waals surface area contributed by atoms with Crippen LogP contribution in [0.3, 0.4) is 0 Å². The second-order valence-electron chi connectivity index (χ2n) is 3.98. The van der Waals surface area contributed by atoms with E-state index in [1.807, 2.05) is 24.6 Å². The summed E-state index contributed by atoms with van der Waals surface area (Å²) in [6.45, 7) is 4.69. The summed E-state index contributed by atoms with van der Waals surface area (Å²) in [7, 11) is -1.24. The van der Waals surface area contributed by atoms with E-state index in [-0.39, 0.29) is 0 Å². The van der Waals surface area contributed by atoms with Crippen LogP contribution in [0.4, 0.5) is 5.69 Å². The summed E-state index contributed by atoms with van der Waals surface area (Å²) in [5, 5.41) is 4.77. The minimum atomic E-state index is -1.24. The van der Waals surface area contributed by atoms with Crippen molar-refractivity contribution >= 4 is 16.5 Å². The smallest absolute Gasteiger partial charge is 0.150 e. The first-order valence-corrected chi connectivity index (χ1v) is 7.06. The molecule has 0 bridgehead atoms. The average molecular weight is 264 g/mol. The number of nitrogens with two attached hydrogens (primary N) is 1. The second kappa shape index (κ2) is 5.30. The van der Waals surface area contributed by atoms with Crippen LogP contribution in [0.15, 0.2) is 29.4 Å². The number of nitrogens with zero attached hydrogens (tertiary/aromatic N) is 3. The quantitative estimate of drug-likeness (QED) is 0.908. The van der Waals surface area contributed by atoms with Gasteiger partial charge in [-0.15, -0.1) is 0 Å². The normalized spacial score (nSPS) is 12.6. The molecule has 18 heavy (non-hydrogen) atoms. The Morgan fingerprint density at radius 1 is 1.50 bits per heavy atom. The first-order valence-electron chi connectivity index (χ1n) is 5.74. The first-order chi connectivity index (χ1) is 8.61. The maximum absolute atomic E-state index is 12.2. The molecular weight excluding hydrogens is 248 g/mol. The number of aromatic nitrogens is 3. The molecule has 6 heteroatoms. The lowest BCUT2D eigenvalue weighted by molar-refractivity contribution is 0.626. The van der Waals surface area contributed by atoms with Gasteiger partial charge in [0.15, 0.2) is 0 Å². The predicted octanol–water partition coefficient (Wildman–Crippen LogP) is 1.50. The lowest BCUT2D eigenvalue weighted by atomic mass is 10.4. The largest absolute Gasteiger partial charge is 0.396 e. The molecule has 0 amide bonds. The number of rotatable bonds is 4. The third-order valence-electron chi connectivity index (χ3n) is 2.58. The molecule has 1 atom stereocenters. The van der Waals surface area contributed by atoms with Crippen molar-refractivity contribution in [1.82, 2.24) is 14.8 Å². The van der Waals surface area contributed by atoms with Crippen LogP contribution in [0.5, 0.6) is 0 Å². The Hall–Kier alpha value is -1.69. The van der Waals surface area contributed by atoms with E-state index in [4.69, 9.17) is 5.73 Å². The maximum Gasteiger partial charge on any atom is 0.150 e. The Morgan fingerprint density at radius 2 is 2.28 bits per heavy atom. The molecule has 0 aliphatic rings. The minimum Gasteiger partial charge on any atom is -0.396 e. The second-order valence-corrected chi connectivity index (χ2v) is 5.35. The molecule has 0 aliphatic heterocycles. The van der Waals surface area contributed by atoms with Gasteiger partial charge in [0.2, 0.25) is 0 Å². The van der Waals surface area contributed by atoms with Crippen molar-refractivity contribution in [1.29, 1.82) is 0 Å². The highest BCUT2D eigenvalue weighted by molar-refractivity contribution is 7.84. The van der Waals surface area contributed by atoms with Crippen LogP contribution in [0, 0.1) is 6.92 Å². The van der Waals surface area contributed by atoms with E-state index in [1.165, 1.54) is 0 Å². The number of hydrogen-bond donors (Lipinski definition) is 1. The van der Waals surface area contributed by atoms with Gasteiger partial charge in [0.25, 0.3) is 0 Å². The molecule has 2 aromatic rings. The zero-order valence-corrected chi connectivity index (χ0v) is 11.3. The summed E-state index contributed by atoms with van der Waals surface area (Å²) in [6, 6.07) is 5.39. The van der Waals surface area contributed by atoms with Crippen molar-refractivity contribution in [3.63, 3.8) is 0 Å². The molecule has 0 saturated heterocycles. The summed E-state index contributed by atoms with van der Waals surface area (Å²) >= 11 is 0. The Balaban J connectivity index is 2.24. The Bertz CT molecular complexity index is 579. The lowest BCUT2D eigenvalue weighted by Gasteiger charge is -2.06. The monoisotopic (exact) mass is 264 g/mol. The van der Waals surface area contributed by atoms with E-state index in [1.54, 1.807) is 18.3 Å². The fraction of sp³-hybridized carbons (Fsp3) is 0.333. The van der Waals surface area contributed by atoms with Gasteiger partial charge in [-0.1, -0.05) is 0 Å². The van der Waals surface area contributed by atoms with Gasteiger partial charge in [-0.2, -0.15) is 5.10 Å². The van der Waals surface area contributed by atoms with E-state index < -0.39 is 10.8 Å². The molecule has 0 spiro atoms. The molecule has 0 aromatic carbocycles. The zero-order chi connectivity index (χ0) is 13.1. The van der Waals surface area contributed by atoms with E-state index in [0.717, 1.165) is 17.9 Å². The highest BCUT2D eigenvalue weighted by Gasteiger charge is 2.13. The highest BCUT2D eigenvalue weighted by atomic mass is 32.2. The summed E-state index contributed by atoms with van der Waals surface area (Å²) < 4.78 is 14.1. The van der Waals surface area contributed by atoms with Gasteiger partial charge in [-0.3, -0.25) is 8.89 Å². The molecule has 2 aromatic heterocycles. The first kappa shape index (κ1) is 12.8. The predicted molar refractivity (Wildman–Crippen MR) is 71.4 cm³/mol. The van der Waals surface area contributed by atoms with Crippen LogP contribution in [0.25, 0.3) is 0 Å². The van der Waals surface area contributed by atoms with Crippen LogP contribution in [0.1, 0.15) is 18.3 Å². The molecule has 0 radical (unpaired) electrons. The van der Waals surface area contributed by atoms with Gasteiger partial charge >= 0.3 is 0 Å². The number of nitrogen functional groups attached to an aromatic ring is 1. The van der Waals surface area contributed by atoms with Gasteiger partial charge in [0, 0.05) is 12.7 Å². The summed E-state index contributed by atoms with van der Waals surface area (Å²) in [5.41, 5.74) is 8.11. The summed E-state index contributed by atoms with van der Waals surface area (Å²) in [5.74, 6) is 0.385. The Labute approximate surface area is 108 Å². The summed E-state index contributed by atoms with van der Waals surface area (Å²) in [4.78, 5) is 4.08. The topological polar surface area (TPSA) is 73.8 Å². The van der Waals surface area contributed by atoms with Crippen molar-refractivity contribution < 1.29 is 4.21 Å². The molecule has 5 nitrogen and oxygen atoms in total. The molecule has 2 rings (SSSR count). The summed E-state index contributed by atoms with van der Waals surface area (Å²) in [6.07, 6.45) is 1.60. The Morgan fingerprint density at radius 3 is 2.94 bits per heavy atom.